The summed E-state index contributed by atoms with van der Waals surface area (Å²) >= 11 is 1.36. The normalized spacial score (nSPS) is 13.1. The van der Waals surface area contributed by atoms with Gasteiger partial charge in [0.05, 0.1) is 0 Å². The van der Waals surface area contributed by atoms with Crippen molar-refractivity contribution < 1.29 is 23.3 Å². The van der Waals surface area contributed by atoms with E-state index in [1.807, 2.05) is 0 Å². The van der Waals surface area contributed by atoms with E-state index in [-0.39, 0.29) is 24.8 Å². The number of benzene rings is 2. The van der Waals surface area contributed by atoms with Crippen LogP contribution in [0, 0.1) is 32.8 Å². The molecular formula is C29H38Cl2SiZr-4. The summed E-state index contributed by atoms with van der Waals surface area (Å²) in [5, 5.41) is 2.69. The summed E-state index contributed by atoms with van der Waals surface area (Å²) in [6.45, 7) is 23.9. The molecule has 0 N–H and O–H groups in total. The average molecular weight is 577 g/mol. The van der Waals surface area contributed by atoms with Crippen LogP contribution in [0.4, 0.5) is 0 Å². The first-order valence-corrected chi connectivity index (χ1v) is 14.8. The van der Waals surface area contributed by atoms with Gasteiger partial charge in [0.25, 0.3) is 0 Å². The molecule has 0 aliphatic heterocycles. The van der Waals surface area contributed by atoms with Crippen LogP contribution in [0.1, 0.15) is 47.1 Å². The molecule has 1 atom stereocenters. The van der Waals surface area contributed by atoms with E-state index in [0.29, 0.717) is 5.92 Å². The van der Waals surface area contributed by atoms with Crippen molar-refractivity contribution in [2.75, 3.05) is 0 Å². The molecule has 0 fully saturated rings. The van der Waals surface area contributed by atoms with E-state index >= 15 is 0 Å². The van der Waals surface area contributed by atoms with Gasteiger partial charge in [-0.2, -0.15) is 31.1 Å². The van der Waals surface area contributed by atoms with Gasteiger partial charge in [0, 0.05) is 0 Å². The SMILES string of the molecule is CC1=[C-]C(C)C(C)=C1C.Cc1cc2c(-c3ccccc3)cccc2[cH-]1.Cl.Cl.[CH2-]C.[CH2-]C.[Si]=[Zr]. The summed E-state index contributed by atoms with van der Waals surface area (Å²) in [5.41, 5.74) is 8.19. The molecule has 0 aromatic heterocycles. The Labute approximate surface area is 232 Å². The third kappa shape index (κ3) is 11.0. The summed E-state index contributed by atoms with van der Waals surface area (Å²) in [7, 11) is 0. The molecule has 2 radical (unpaired) electrons. The molecule has 1 aliphatic carbocycles. The first kappa shape index (κ1) is 36.8. The van der Waals surface area contributed by atoms with Crippen LogP contribution in [-0.2, 0) is 23.3 Å². The van der Waals surface area contributed by atoms with Crippen molar-refractivity contribution in [3.8, 4) is 11.1 Å². The second kappa shape index (κ2) is 20.6. The van der Waals surface area contributed by atoms with E-state index in [2.05, 4.69) is 122 Å². The minimum atomic E-state index is 0. The van der Waals surface area contributed by atoms with Crippen molar-refractivity contribution in [3.63, 3.8) is 0 Å². The van der Waals surface area contributed by atoms with Crippen LogP contribution in [0.3, 0.4) is 0 Å². The summed E-state index contributed by atoms with van der Waals surface area (Å²) in [6.07, 6.45) is 3.36. The van der Waals surface area contributed by atoms with Crippen LogP contribution in [-0.4, -0.2) is 6.88 Å². The van der Waals surface area contributed by atoms with Crippen molar-refractivity contribution in [1.82, 2.24) is 0 Å². The topological polar surface area (TPSA) is 0 Å². The van der Waals surface area contributed by atoms with Crippen molar-refractivity contribution in [1.29, 1.82) is 0 Å². The number of hydrogen-bond acceptors (Lipinski definition) is 0. The molecular weight excluding hydrogens is 539 g/mol. The maximum atomic E-state index is 3.36. The molecule has 0 saturated heterocycles. The third-order valence-corrected chi connectivity index (χ3v) is 5.22. The summed E-state index contributed by atoms with van der Waals surface area (Å²) in [4.78, 5) is 0. The quantitative estimate of drug-likeness (QED) is 0.200. The fourth-order valence-corrected chi connectivity index (χ4v) is 3.42. The van der Waals surface area contributed by atoms with Gasteiger partial charge >= 0.3 is 30.2 Å². The van der Waals surface area contributed by atoms with Gasteiger partial charge < -0.3 is 13.8 Å². The molecule has 1 unspecified atom stereocenters. The van der Waals surface area contributed by atoms with Crippen LogP contribution in [0.25, 0.3) is 21.9 Å². The molecule has 3 aromatic rings. The summed E-state index contributed by atoms with van der Waals surface area (Å²) in [6, 6.07) is 21.6. The molecule has 4 heteroatoms. The molecule has 0 bridgehead atoms. The Bertz CT molecular complexity index is 972. The fourth-order valence-electron chi connectivity index (χ4n) is 3.42. The van der Waals surface area contributed by atoms with Crippen LogP contribution in [0.5, 0.6) is 0 Å². The Morgan fingerprint density at radius 1 is 0.848 bits per heavy atom. The predicted molar refractivity (Wildman–Crippen MR) is 152 cm³/mol. The van der Waals surface area contributed by atoms with E-state index in [9.17, 15) is 0 Å². The minimum absolute atomic E-state index is 0. The summed E-state index contributed by atoms with van der Waals surface area (Å²) < 4.78 is 0. The molecule has 0 spiro atoms. The standard InChI is InChI=1S/C16H13.C9H13.2C2H5.2ClH.Si.Zr/c1-12-10-14-8-5-9-15(16(14)11-12)13-6-3-2-4-7-13;1-6-5-7(2)9(4)8(6)3;2*1-2;;;;/h2-11H,1H3;6H,1-4H3;2*1H2,2H3;2*1H;;/q4*-1;;;;. The molecule has 0 saturated carbocycles. The van der Waals surface area contributed by atoms with Crippen molar-refractivity contribution >= 4 is 42.5 Å². The van der Waals surface area contributed by atoms with Gasteiger partial charge in [-0.15, -0.1) is 66.3 Å². The van der Waals surface area contributed by atoms with Crippen LogP contribution < -0.4 is 0 Å². The van der Waals surface area contributed by atoms with E-state index in [4.69, 9.17) is 0 Å². The van der Waals surface area contributed by atoms with Crippen LogP contribution >= 0.6 is 24.8 Å². The Kier molecular flexibility index (Phi) is 22.9. The monoisotopic (exact) mass is 574 g/mol. The van der Waals surface area contributed by atoms with Gasteiger partial charge in [-0.25, -0.2) is 5.57 Å². The number of fused-ring (bicyclic) bond motifs is 1. The second-order valence-corrected chi connectivity index (χ2v) is 7.01. The van der Waals surface area contributed by atoms with Gasteiger partial charge in [0.15, 0.2) is 0 Å². The Hall–Kier alpha value is -0.790. The predicted octanol–water partition coefficient (Wildman–Crippen LogP) is 9.40. The van der Waals surface area contributed by atoms with Crippen molar-refractivity contribution in [2.45, 2.75) is 48.5 Å². The molecule has 180 valence electrons. The van der Waals surface area contributed by atoms with E-state index < -0.39 is 0 Å². The number of hydrogen-bond donors (Lipinski definition) is 0. The molecule has 0 nitrogen and oxygen atoms in total. The fraction of sp³-hybridized carbons (Fsp3) is 0.276. The van der Waals surface area contributed by atoms with Gasteiger partial charge in [-0.3, -0.25) is 6.08 Å². The van der Waals surface area contributed by atoms with Crippen LogP contribution in [0.2, 0.25) is 0 Å². The Balaban J connectivity index is -0.000000459. The molecule has 0 amide bonds. The maximum absolute atomic E-state index is 3.36. The zero-order chi connectivity index (χ0) is 24.0. The Morgan fingerprint density at radius 3 is 1.82 bits per heavy atom. The molecule has 33 heavy (non-hydrogen) atoms. The molecule has 1 aliphatic rings. The average Bonchev–Trinajstić information content (AvgIpc) is 3.32. The number of aryl methyl sites for hydroxylation is 1. The second-order valence-electron chi connectivity index (χ2n) is 7.01. The molecule has 3 aromatic carbocycles. The number of halogens is 2. The van der Waals surface area contributed by atoms with E-state index in [1.165, 1.54) is 67.5 Å². The number of allylic oxidation sites excluding steroid dienone is 4. The van der Waals surface area contributed by atoms with Gasteiger partial charge in [-0.1, -0.05) is 75.6 Å². The van der Waals surface area contributed by atoms with Gasteiger partial charge in [-0.05, 0) is 5.56 Å². The van der Waals surface area contributed by atoms with Gasteiger partial charge in [0.2, 0.25) is 0 Å². The van der Waals surface area contributed by atoms with Crippen molar-refractivity contribution in [2.24, 2.45) is 5.92 Å². The summed E-state index contributed by atoms with van der Waals surface area (Å²) in [5.74, 6) is 0.560. The third-order valence-electron chi connectivity index (χ3n) is 5.22. The zero-order valence-electron chi connectivity index (χ0n) is 21.1. The molecule has 4 rings (SSSR count). The van der Waals surface area contributed by atoms with Gasteiger partial charge in [0.1, 0.15) is 0 Å². The molecule has 0 heterocycles. The first-order chi connectivity index (χ1) is 15.0. The van der Waals surface area contributed by atoms with E-state index in [1.54, 1.807) is 13.8 Å². The first-order valence-electron chi connectivity index (χ1n) is 10.6. The van der Waals surface area contributed by atoms with E-state index in [0.717, 1.165) is 0 Å². The Morgan fingerprint density at radius 2 is 1.39 bits per heavy atom. The van der Waals surface area contributed by atoms with Crippen molar-refractivity contribution in [3.05, 3.63) is 103 Å². The van der Waals surface area contributed by atoms with Crippen LogP contribution in [0.15, 0.2) is 77.4 Å². The zero-order valence-corrected chi connectivity index (χ0v) is 26.2. The number of rotatable bonds is 1.